The van der Waals surface area contributed by atoms with E-state index in [1.807, 2.05) is 6.92 Å². The van der Waals surface area contributed by atoms with Crippen LogP contribution in [0.1, 0.15) is 13.8 Å². The van der Waals surface area contributed by atoms with Crippen molar-refractivity contribution in [2.24, 2.45) is 10.9 Å². The predicted octanol–water partition coefficient (Wildman–Crippen LogP) is 1.15. The van der Waals surface area contributed by atoms with E-state index in [-0.39, 0.29) is 11.9 Å². The van der Waals surface area contributed by atoms with Crippen molar-refractivity contribution in [2.45, 2.75) is 13.8 Å². The molecule has 3 heteroatoms. The van der Waals surface area contributed by atoms with Crippen LogP contribution in [0.3, 0.4) is 0 Å². The summed E-state index contributed by atoms with van der Waals surface area (Å²) < 4.78 is 4.83. The summed E-state index contributed by atoms with van der Waals surface area (Å²) in [6, 6.07) is 0. The second kappa shape index (κ2) is 3.32. The third kappa shape index (κ3) is 1.67. The molecule has 0 aromatic carbocycles. The second-order valence-electron chi connectivity index (χ2n) is 2.40. The van der Waals surface area contributed by atoms with E-state index in [1.54, 1.807) is 19.3 Å². The van der Waals surface area contributed by atoms with Crippen molar-refractivity contribution in [2.75, 3.05) is 6.61 Å². The Kier molecular flexibility index (Phi) is 2.41. The lowest BCUT2D eigenvalue weighted by Crippen LogP contribution is -2.18. The first-order chi connectivity index (χ1) is 5.25. The Morgan fingerprint density at radius 3 is 3.00 bits per heavy atom. The van der Waals surface area contributed by atoms with Crippen LogP contribution >= 0.6 is 0 Å². The first-order valence-electron chi connectivity index (χ1n) is 3.62. The molecule has 0 aromatic rings. The van der Waals surface area contributed by atoms with E-state index in [0.29, 0.717) is 6.61 Å². The van der Waals surface area contributed by atoms with Gasteiger partial charge in [0, 0.05) is 12.4 Å². The molecule has 0 saturated heterocycles. The fraction of sp³-hybridized carbons (Fsp3) is 0.500. The van der Waals surface area contributed by atoms with Crippen molar-refractivity contribution in [1.29, 1.82) is 0 Å². The fourth-order valence-electron chi connectivity index (χ4n) is 0.923. The Balaban J connectivity index is 2.55. The van der Waals surface area contributed by atoms with Gasteiger partial charge in [0.25, 0.3) is 0 Å². The van der Waals surface area contributed by atoms with Crippen molar-refractivity contribution >= 4 is 12.2 Å². The van der Waals surface area contributed by atoms with Crippen LogP contribution < -0.4 is 0 Å². The minimum absolute atomic E-state index is 0.206. The van der Waals surface area contributed by atoms with Gasteiger partial charge in [0.05, 0.1) is 6.61 Å². The lowest BCUT2D eigenvalue weighted by molar-refractivity contribution is -0.144. The van der Waals surface area contributed by atoms with Gasteiger partial charge in [0.1, 0.15) is 5.92 Å². The van der Waals surface area contributed by atoms with E-state index in [1.165, 1.54) is 0 Å². The Hall–Kier alpha value is -1.12. The van der Waals surface area contributed by atoms with E-state index in [2.05, 4.69) is 4.99 Å². The number of nitrogens with zero attached hydrogens (tertiary/aromatic N) is 1. The van der Waals surface area contributed by atoms with Crippen molar-refractivity contribution in [3.63, 3.8) is 0 Å². The number of hydrogen-bond acceptors (Lipinski definition) is 3. The van der Waals surface area contributed by atoms with Crippen LogP contribution in [-0.2, 0) is 9.53 Å². The van der Waals surface area contributed by atoms with Gasteiger partial charge in [0.2, 0.25) is 0 Å². The van der Waals surface area contributed by atoms with Crippen molar-refractivity contribution in [3.8, 4) is 0 Å². The molecule has 0 bridgehead atoms. The molecule has 0 spiro atoms. The standard InChI is InChI=1S/C8H11NO2/c1-3-11-8(10)7-5-9-4-6(7)2/h4-5,7H,3H2,1-2H3/t7-/m1/s1. The fourth-order valence-corrected chi connectivity index (χ4v) is 0.923. The van der Waals surface area contributed by atoms with Gasteiger partial charge in [-0.05, 0) is 19.4 Å². The van der Waals surface area contributed by atoms with Gasteiger partial charge in [-0.2, -0.15) is 0 Å². The van der Waals surface area contributed by atoms with Crippen LogP contribution in [0.4, 0.5) is 0 Å². The van der Waals surface area contributed by atoms with Gasteiger partial charge in [-0.3, -0.25) is 9.79 Å². The zero-order valence-corrected chi connectivity index (χ0v) is 6.70. The molecular weight excluding hydrogens is 142 g/mol. The number of rotatable bonds is 2. The maximum Gasteiger partial charge on any atom is 0.318 e. The molecular formula is C8H11NO2. The van der Waals surface area contributed by atoms with E-state index in [4.69, 9.17) is 4.74 Å². The Labute approximate surface area is 65.8 Å². The lowest BCUT2D eigenvalue weighted by atomic mass is 10.1. The number of hydrogen-bond donors (Lipinski definition) is 0. The molecule has 0 amide bonds. The van der Waals surface area contributed by atoms with Gasteiger partial charge >= 0.3 is 5.97 Å². The van der Waals surface area contributed by atoms with Crippen LogP contribution in [0.2, 0.25) is 0 Å². The molecule has 0 radical (unpaired) electrons. The van der Waals surface area contributed by atoms with Crippen LogP contribution in [0, 0.1) is 5.92 Å². The molecule has 0 fully saturated rings. The zero-order chi connectivity index (χ0) is 8.27. The number of aliphatic imine (C=N–C) groups is 1. The molecule has 1 aliphatic rings. The topological polar surface area (TPSA) is 38.7 Å². The van der Waals surface area contributed by atoms with Crippen LogP contribution in [0.25, 0.3) is 0 Å². The largest absolute Gasteiger partial charge is 0.465 e. The SMILES string of the molecule is CCOC(=O)[C@@H]1C=NC=C1C. The van der Waals surface area contributed by atoms with Crippen molar-refractivity contribution < 1.29 is 9.53 Å². The van der Waals surface area contributed by atoms with Crippen molar-refractivity contribution in [3.05, 3.63) is 11.8 Å². The molecule has 1 heterocycles. The quantitative estimate of drug-likeness (QED) is 0.558. The highest BCUT2D eigenvalue weighted by Crippen LogP contribution is 2.15. The zero-order valence-electron chi connectivity index (χ0n) is 6.70. The number of esters is 1. The summed E-state index contributed by atoms with van der Waals surface area (Å²) in [5.41, 5.74) is 0.948. The molecule has 1 aliphatic heterocycles. The number of carbonyl (C=O) groups excluding carboxylic acids is 1. The van der Waals surface area contributed by atoms with Crippen LogP contribution in [0.15, 0.2) is 16.8 Å². The highest BCUT2D eigenvalue weighted by atomic mass is 16.5. The molecule has 11 heavy (non-hydrogen) atoms. The summed E-state index contributed by atoms with van der Waals surface area (Å²) in [7, 11) is 0. The maximum atomic E-state index is 11.1. The lowest BCUT2D eigenvalue weighted by Gasteiger charge is -2.06. The summed E-state index contributed by atoms with van der Waals surface area (Å²) in [6.07, 6.45) is 3.29. The Bertz CT molecular complexity index is 218. The average molecular weight is 153 g/mol. The van der Waals surface area contributed by atoms with Gasteiger partial charge in [-0.25, -0.2) is 0 Å². The highest BCUT2D eigenvalue weighted by Gasteiger charge is 2.21. The van der Waals surface area contributed by atoms with Gasteiger partial charge in [0.15, 0.2) is 0 Å². The summed E-state index contributed by atoms with van der Waals surface area (Å²) in [6.45, 7) is 4.09. The smallest absolute Gasteiger partial charge is 0.318 e. The average Bonchev–Trinajstić information content (AvgIpc) is 2.36. The Morgan fingerprint density at radius 1 is 1.82 bits per heavy atom. The summed E-state index contributed by atoms with van der Waals surface area (Å²) in [5.74, 6) is -0.447. The van der Waals surface area contributed by atoms with E-state index < -0.39 is 0 Å². The summed E-state index contributed by atoms with van der Waals surface area (Å²) in [4.78, 5) is 15.0. The van der Waals surface area contributed by atoms with Crippen LogP contribution in [-0.4, -0.2) is 18.8 Å². The summed E-state index contributed by atoms with van der Waals surface area (Å²) >= 11 is 0. The molecule has 0 aliphatic carbocycles. The maximum absolute atomic E-state index is 11.1. The Morgan fingerprint density at radius 2 is 2.55 bits per heavy atom. The predicted molar refractivity (Wildman–Crippen MR) is 42.4 cm³/mol. The second-order valence-corrected chi connectivity index (χ2v) is 2.40. The van der Waals surface area contributed by atoms with Crippen LogP contribution in [0.5, 0.6) is 0 Å². The third-order valence-corrected chi connectivity index (χ3v) is 1.54. The molecule has 3 nitrogen and oxygen atoms in total. The first kappa shape index (κ1) is 7.98. The summed E-state index contributed by atoms with van der Waals surface area (Å²) in [5, 5.41) is 0. The molecule has 0 saturated carbocycles. The molecule has 1 rings (SSSR count). The molecule has 0 N–H and O–H groups in total. The van der Waals surface area contributed by atoms with Gasteiger partial charge in [-0.15, -0.1) is 0 Å². The molecule has 1 atom stereocenters. The number of ether oxygens (including phenoxy) is 1. The normalized spacial score (nSPS) is 21.6. The van der Waals surface area contributed by atoms with E-state index in [0.717, 1.165) is 5.57 Å². The van der Waals surface area contributed by atoms with Gasteiger partial charge in [-0.1, -0.05) is 0 Å². The van der Waals surface area contributed by atoms with E-state index in [9.17, 15) is 4.79 Å². The highest BCUT2D eigenvalue weighted by molar-refractivity contribution is 5.94. The minimum atomic E-state index is -0.241. The molecule has 0 aromatic heterocycles. The number of carbonyl (C=O) groups is 1. The molecule has 60 valence electrons. The first-order valence-corrected chi connectivity index (χ1v) is 3.62. The molecule has 0 unspecified atom stereocenters. The monoisotopic (exact) mass is 153 g/mol. The minimum Gasteiger partial charge on any atom is -0.465 e. The third-order valence-electron chi connectivity index (χ3n) is 1.54. The van der Waals surface area contributed by atoms with E-state index >= 15 is 0 Å². The van der Waals surface area contributed by atoms with Gasteiger partial charge < -0.3 is 4.74 Å². The van der Waals surface area contributed by atoms with Crippen molar-refractivity contribution in [1.82, 2.24) is 0 Å².